The molecule has 0 aliphatic rings. The second-order valence-corrected chi connectivity index (χ2v) is 9.12. The number of para-hydroxylation sites is 1. The fourth-order valence-electron chi connectivity index (χ4n) is 3.99. The molecule has 0 aliphatic heterocycles. The Morgan fingerprint density at radius 3 is 2.39 bits per heavy atom. The Labute approximate surface area is 215 Å². The molecule has 0 spiro atoms. The van der Waals surface area contributed by atoms with E-state index in [9.17, 15) is 28.2 Å². The highest BCUT2D eigenvalue weighted by Gasteiger charge is 2.40. The average Bonchev–Trinajstić information content (AvgIpc) is 3.56. The van der Waals surface area contributed by atoms with Gasteiger partial charge in [-0.05, 0) is 30.0 Å². The molecule has 0 aliphatic carbocycles. The molecule has 0 bridgehead atoms. The number of carbonyl (C=O) groups excluding carboxylic acids is 1. The van der Waals surface area contributed by atoms with Crippen LogP contribution >= 0.6 is 0 Å². The molecule has 4 rings (SSSR count). The normalized spacial score (nSPS) is 13.5. The van der Waals surface area contributed by atoms with E-state index in [1.165, 1.54) is 36.4 Å². The van der Waals surface area contributed by atoms with Gasteiger partial charge in [-0.1, -0.05) is 61.5 Å². The molecule has 200 valence electrons. The number of hydrogen-bond donors (Lipinski definition) is 3. The number of nitrogens with zero attached hydrogens (tertiary/aromatic N) is 4. The van der Waals surface area contributed by atoms with Gasteiger partial charge in [0.25, 0.3) is 11.8 Å². The highest BCUT2D eigenvalue weighted by atomic mass is 19.4. The van der Waals surface area contributed by atoms with Crippen molar-refractivity contribution in [2.75, 3.05) is 6.61 Å². The monoisotopic (exact) mass is 529 g/mol. The summed E-state index contributed by atoms with van der Waals surface area (Å²) in [4.78, 5) is 16.5. The first kappa shape index (κ1) is 27.0. The molecule has 0 saturated carbocycles. The summed E-state index contributed by atoms with van der Waals surface area (Å²) in [6.45, 7) is 3.65. The lowest BCUT2D eigenvalue weighted by Gasteiger charge is -2.20. The van der Waals surface area contributed by atoms with Crippen molar-refractivity contribution < 1.29 is 32.7 Å². The molecule has 2 atom stereocenters. The molecule has 2 heterocycles. The first-order valence-electron chi connectivity index (χ1n) is 11.8. The Morgan fingerprint density at radius 2 is 1.79 bits per heavy atom. The number of rotatable bonds is 9. The van der Waals surface area contributed by atoms with Gasteiger partial charge in [-0.15, -0.1) is 0 Å². The first-order valence-corrected chi connectivity index (χ1v) is 11.8. The minimum Gasteiger partial charge on any atom is -0.394 e. The van der Waals surface area contributed by atoms with E-state index >= 15 is 0 Å². The predicted molar refractivity (Wildman–Crippen MR) is 131 cm³/mol. The summed E-state index contributed by atoms with van der Waals surface area (Å²) in [5, 5.41) is 30.2. The molecule has 0 radical (unpaired) electrons. The SMILES string of the molecule is CC(C)C[C@@H](CO)NC(=O)[C@H](O)c1ccc(-c2noc(-c3cnn(-c4ccccc4)c3C(F)(F)F)n2)cc1. The van der Waals surface area contributed by atoms with Crippen molar-refractivity contribution in [2.24, 2.45) is 5.92 Å². The van der Waals surface area contributed by atoms with Crippen LogP contribution in [0.3, 0.4) is 0 Å². The van der Waals surface area contributed by atoms with E-state index in [2.05, 4.69) is 20.6 Å². The maximum atomic E-state index is 14.0. The van der Waals surface area contributed by atoms with E-state index in [0.29, 0.717) is 12.0 Å². The van der Waals surface area contributed by atoms with Crippen LogP contribution in [0, 0.1) is 5.92 Å². The van der Waals surface area contributed by atoms with Crippen LogP contribution in [-0.2, 0) is 11.0 Å². The zero-order valence-corrected chi connectivity index (χ0v) is 20.6. The van der Waals surface area contributed by atoms with Gasteiger partial charge in [0.05, 0.1) is 30.1 Å². The van der Waals surface area contributed by atoms with Crippen molar-refractivity contribution in [2.45, 2.75) is 38.6 Å². The van der Waals surface area contributed by atoms with E-state index in [0.717, 1.165) is 10.9 Å². The number of benzene rings is 2. The minimum absolute atomic E-state index is 0.0170. The fourth-order valence-corrected chi connectivity index (χ4v) is 3.99. The van der Waals surface area contributed by atoms with Gasteiger partial charge in [0, 0.05) is 5.56 Å². The van der Waals surface area contributed by atoms with E-state index in [4.69, 9.17) is 4.52 Å². The predicted octanol–water partition coefficient (Wildman–Crippen LogP) is 4.16. The smallest absolute Gasteiger partial charge is 0.394 e. The van der Waals surface area contributed by atoms with Gasteiger partial charge < -0.3 is 20.1 Å². The maximum Gasteiger partial charge on any atom is 0.434 e. The van der Waals surface area contributed by atoms with Crippen molar-refractivity contribution in [1.29, 1.82) is 0 Å². The van der Waals surface area contributed by atoms with Crippen LogP contribution in [0.4, 0.5) is 13.2 Å². The standard InChI is InChI=1S/C26H26F3N5O4/c1-15(2)12-18(14-35)31-24(37)21(36)16-8-10-17(11-9-16)23-32-25(38-33-23)20-13-30-34(22(20)26(27,28)29)19-6-4-3-5-7-19/h3-11,13,15,18,21,35-36H,12,14H2,1-2H3,(H,31,37)/t18-,21+/m0/s1. The van der Waals surface area contributed by atoms with Crippen molar-refractivity contribution in [1.82, 2.24) is 25.2 Å². The number of aliphatic hydroxyl groups is 2. The van der Waals surface area contributed by atoms with Crippen LogP contribution in [0.1, 0.15) is 37.6 Å². The molecule has 12 heteroatoms. The van der Waals surface area contributed by atoms with Crippen molar-refractivity contribution >= 4 is 5.91 Å². The van der Waals surface area contributed by atoms with Crippen molar-refractivity contribution in [3.05, 3.63) is 72.1 Å². The van der Waals surface area contributed by atoms with Gasteiger partial charge >= 0.3 is 6.18 Å². The van der Waals surface area contributed by atoms with Gasteiger partial charge in [-0.3, -0.25) is 4.79 Å². The third-order valence-corrected chi connectivity index (χ3v) is 5.75. The minimum atomic E-state index is -4.75. The summed E-state index contributed by atoms with van der Waals surface area (Å²) in [5.74, 6) is -0.764. The third kappa shape index (κ3) is 5.92. The average molecular weight is 530 g/mol. The molecular formula is C26H26F3N5O4. The van der Waals surface area contributed by atoms with Gasteiger partial charge in [0.15, 0.2) is 11.8 Å². The maximum absolute atomic E-state index is 14.0. The Balaban J connectivity index is 1.55. The summed E-state index contributed by atoms with van der Waals surface area (Å²) in [6, 6.07) is 13.4. The first-order chi connectivity index (χ1) is 18.1. The number of alkyl halides is 3. The topological polar surface area (TPSA) is 126 Å². The van der Waals surface area contributed by atoms with E-state index in [1.807, 2.05) is 13.8 Å². The second-order valence-electron chi connectivity index (χ2n) is 9.12. The number of hydrogen-bond acceptors (Lipinski definition) is 7. The quantitative estimate of drug-likeness (QED) is 0.297. The second kappa shape index (κ2) is 11.2. The number of halogens is 3. The van der Waals surface area contributed by atoms with Gasteiger partial charge in [-0.25, -0.2) is 4.68 Å². The van der Waals surface area contributed by atoms with Crippen LogP contribution in [-0.4, -0.2) is 48.7 Å². The lowest BCUT2D eigenvalue weighted by atomic mass is 10.0. The molecule has 0 fully saturated rings. The summed E-state index contributed by atoms with van der Waals surface area (Å²) in [6.07, 6.45) is -4.67. The van der Waals surface area contributed by atoms with E-state index in [1.54, 1.807) is 18.2 Å². The summed E-state index contributed by atoms with van der Waals surface area (Å²) >= 11 is 0. The molecule has 3 N–H and O–H groups in total. The van der Waals surface area contributed by atoms with Crippen LogP contribution in [0.15, 0.2) is 65.3 Å². The molecule has 9 nitrogen and oxygen atoms in total. The zero-order chi connectivity index (χ0) is 27.4. The molecule has 38 heavy (non-hydrogen) atoms. The number of aliphatic hydroxyl groups excluding tert-OH is 2. The number of amides is 1. The fraction of sp³-hybridized carbons (Fsp3) is 0.308. The Kier molecular flexibility index (Phi) is 7.93. The molecule has 2 aromatic carbocycles. The molecule has 0 unspecified atom stereocenters. The Morgan fingerprint density at radius 1 is 1.11 bits per heavy atom. The Hall–Kier alpha value is -4.03. The third-order valence-electron chi connectivity index (χ3n) is 5.75. The summed E-state index contributed by atoms with van der Waals surface area (Å²) < 4.78 is 47.8. The molecule has 0 saturated heterocycles. The van der Waals surface area contributed by atoms with Crippen molar-refractivity contribution in [3.8, 4) is 28.5 Å². The Bertz CT molecular complexity index is 1370. The summed E-state index contributed by atoms with van der Waals surface area (Å²) in [7, 11) is 0. The van der Waals surface area contributed by atoms with Gasteiger partial charge in [-0.2, -0.15) is 23.3 Å². The van der Waals surface area contributed by atoms with Crippen LogP contribution in [0.5, 0.6) is 0 Å². The van der Waals surface area contributed by atoms with Gasteiger partial charge in [0.1, 0.15) is 0 Å². The summed E-state index contributed by atoms with van der Waals surface area (Å²) in [5.41, 5.74) is -0.530. The number of aromatic nitrogens is 4. The number of nitrogens with one attached hydrogen (secondary N) is 1. The molecule has 2 aromatic heterocycles. The zero-order valence-electron chi connectivity index (χ0n) is 20.6. The van der Waals surface area contributed by atoms with Crippen LogP contribution < -0.4 is 5.32 Å². The largest absolute Gasteiger partial charge is 0.434 e. The van der Waals surface area contributed by atoms with Crippen LogP contribution in [0.25, 0.3) is 28.5 Å². The van der Waals surface area contributed by atoms with E-state index in [-0.39, 0.29) is 41.1 Å². The van der Waals surface area contributed by atoms with Crippen LogP contribution in [0.2, 0.25) is 0 Å². The van der Waals surface area contributed by atoms with Crippen molar-refractivity contribution in [3.63, 3.8) is 0 Å². The molecule has 4 aromatic rings. The molecular weight excluding hydrogens is 503 g/mol. The lowest BCUT2D eigenvalue weighted by Crippen LogP contribution is -2.41. The van der Waals surface area contributed by atoms with E-state index < -0.39 is 29.9 Å². The highest BCUT2D eigenvalue weighted by molar-refractivity contribution is 5.82. The lowest BCUT2D eigenvalue weighted by molar-refractivity contribution is -0.142. The van der Waals surface area contributed by atoms with Gasteiger partial charge in [0.2, 0.25) is 5.82 Å². The molecule has 1 amide bonds. The highest BCUT2D eigenvalue weighted by Crippen LogP contribution is 2.38. The number of carbonyl (C=O) groups is 1.